The molecule has 0 bridgehead atoms. The molecule has 1 atom stereocenters. The van der Waals surface area contributed by atoms with Crippen LogP contribution in [-0.2, 0) is 21.7 Å². The van der Waals surface area contributed by atoms with E-state index in [1.165, 1.54) is 6.92 Å². The van der Waals surface area contributed by atoms with Gasteiger partial charge in [0.25, 0.3) is 5.91 Å². The Morgan fingerprint density at radius 2 is 1.91 bits per heavy atom. The lowest BCUT2D eigenvalue weighted by atomic mass is 9.90. The average molecular weight is 374 g/mol. The molecular formula is C18H16BrNO3. The van der Waals surface area contributed by atoms with Gasteiger partial charge >= 0.3 is 0 Å². The van der Waals surface area contributed by atoms with E-state index >= 15 is 0 Å². The number of halogens is 1. The lowest BCUT2D eigenvalue weighted by Gasteiger charge is -2.22. The molecule has 0 spiro atoms. The topological polar surface area (TPSA) is 57.6 Å². The van der Waals surface area contributed by atoms with Gasteiger partial charge in [0.15, 0.2) is 5.60 Å². The summed E-state index contributed by atoms with van der Waals surface area (Å²) in [4.78, 5) is 26.0. The highest BCUT2D eigenvalue weighted by atomic mass is 79.9. The van der Waals surface area contributed by atoms with Crippen molar-refractivity contribution in [3.8, 4) is 0 Å². The van der Waals surface area contributed by atoms with Crippen molar-refractivity contribution in [2.24, 2.45) is 0 Å². The molecule has 0 fully saturated rings. The Kier molecular flexibility index (Phi) is 4.08. The van der Waals surface area contributed by atoms with Crippen molar-refractivity contribution in [2.45, 2.75) is 25.5 Å². The van der Waals surface area contributed by atoms with Gasteiger partial charge in [0.2, 0.25) is 0 Å². The molecule has 3 rings (SSSR count). The highest BCUT2D eigenvalue weighted by Gasteiger charge is 2.50. The van der Waals surface area contributed by atoms with Crippen LogP contribution in [0, 0.1) is 0 Å². The van der Waals surface area contributed by atoms with E-state index in [9.17, 15) is 14.7 Å². The fourth-order valence-electron chi connectivity index (χ4n) is 2.98. The molecule has 118 valence electrons. The van der Waals surface area contributed by atoms with E-state index in [1.54, 1.807) is 17.0 Å². The number of fused-ring (bicyclic) bond motifs is 1. The summed E-state index contributed by atoms with van der Waals surface area (Å²) in [5, 5.41) is 10.9. The smallest absolute Gasteiger partial charge is 0.264 e. The second kappa shape index (κ2) is 5.91. The number of anilines is 1. The molecule has 0 aliphatic carbocycles. The summed E-state index contributed by atoms with van der Waals surface area (Å²) in [5.41, 5.74) is 0.287. The minimum atomic E-state index is -1.79. The first-order valence-electron chi connectivity index (χ1n) is 7.29. The van der Waals surface area contributed by atoms with Crippen LogP contribution in [-0.4, -0.2) is 16.8 Å². The van der Waals surface area contributed by atoms with Gasteiger partial charge in [0, 0.05) is 16.5 Å². The first-order chi connectivity index (χ1) is 10.9. The standard InChI is InChI=1S/C18H16BrNO3/c1-12(21)10-18(23)15-9-14(19)7-8-16(15)20(17(18)22)11-13-5-3-2-4-6-13/h2-9,23H,10-11H2,1H3/t18-/m1/s1. The Labute approximate surface area is 142 Å². The normalized spacial score (nSPS) is 19.8. The molecular weight excluding hydrogens is 358 g/mol. The highest BCUT2D eigenvalue weighted by molar-refractivity contribution is 9.10. The summed E-state index contributed by atoms with van der Waals surface area (Å²) >= 11 is 3.36. The fraction of sp³-hybridized carbons (Fsp3) is 0.222. The van der Waals surface area contributed by atoms with Crippen LogP contribution in [0.5, 0.6) is 0 Å². The van der Waals surface area contributed by atoms with Crippen LogP contribution in [0.25, 0.3) is 0 Å². The number of amides is 1. The number of hydrogen-bond donors (Lipinski definition) is 1. The number of hydrogen-bond acceptors (Lipinski definition) is 3. The molecule has 0 saturated heterocycles. The molecule has 1 N–H and O–H groups in total. The molecule has 4 nitrogen and oxygen atoms in total. The van der Waals surface area contributed by atoms with Crippen molar-refractivity contribution >= 4 is 33.3 Å². The minimum Gasteiger partial charge on any atom is -0.375 e. The molecule has 1 amide bonds. The third kappa shape index (κ3) is 2.82. The van der Waals surface area contributed by atoms with Crippen LogP contribution in [0.2, 0.25) is 0 Å². The lowest BCUT2D eigenvalue weighted by molar-refractivity contribution is -0.141. The number of ketones is 1. The first-order valence-corrected chi connectivity index (χ1v) is 8.09. The monoisotopic (exact) mass is 373 g/mol. The Hall–Kier alpha value is -1.98. The molecule has 2 aromatic carbocycles. The van der Waals surface area contributed by atoms with Crippen molar-refractivity contribution in [3.63, 3.8) is 0 Å². The van der Waals surface area contributed by atoms with Crippen LogP contribution in [0.4, 0.5) is 5.69 Å². The number of carbonyl (C=O) groups excluding carboxylic acids is 2. The molecule has 0 aromatic heterocycles. The van der Waals surface area contributed by atoms with E-state index < -0.39 is 11.5 Å². The average Bonchev–Trinajstić information content (AvgIpc) is 2.70. The summed E-state index contributed by atoms with van der Waals surface area (Å²) in [6.07, 6.45) is -0.222. The Bertz CT molecular complexity index is 775. The fourth-order valence-corrected chi connectivity index (χ4v) is 3.34. The molecule has 0 saturated carbocycles. The SMILES string of the molecule is CC(=O)C[C@]1(O)C(=O)N(Cc2ccccc2)c2ccc(Br)cc21. The molecule has 0 radical (unpaired) electrons. The number of rotatable bonds is 4. The van der Waals surface area contributed by atoms with E-state index in [0.29, 0.717) is 17.8 Å². The zero-order valence-corrected chi connectivity index (χ0v) is 14.2. The minimum absolute atomic E-state index is 0.222. The third-order valence-corrected chi connectivity index (χ3v) is 4.48. The van der Waals surface area contributed by atoms with Crippen LogP contribution in [0.3, 0.4) is 0 Å². The molecule has 23 heavy (non-hydrogen) atoms. The highest BCUT2D eigenvalue weighted by Crippen LogP contribution is 2.44. The quantitative estimate of drug-likeness (QED) is 0.895. The van der Waals surface area contributed by atoms with Gasteiger partial charge in [-0.3, -0.25) is 9.59 Å². The van der Waals surface area contributed by atoms with Gasteiger partial charge in [0.05, 0.1) is 12.2 Å². The maximum atomic E-state index is 12.8. The van der Waals surface area contributed by atoms with Crippen molar-refractivity contribution < 1.29 is 14.7 Å². The van der Waals surface area contributed by atoms with E-state index in [4.69, 9.17) is 0 Å². The second-order valence-corrected chi connectivity index (χ2v) is 6.69. The second-order valence-electron chi connectivity index (χ2n) is 5.78. The summed E-state index contributed by atoms with van der Waals surface area (Å²) in [6.45, 7) is 1.73. The van der Waals surface area contributed by atoms with Crippen molar-refractivity contribution in [1.82, 2.24) is 0 Å². The van der Waals surface area contributed by atoms with Gasteiger partial charge in [-0.2, -0.15) is 0 Å². The van der Waals surface area contributed by atoms with E-state index in [0.717, 1.165) is 10.0 Å². The maximum Gasteiger partial charge on any atom is 0.264 e. The Morgan fingerprint density at radius 1 is 1.22 bits per heavy atom. The summed E-state index contributed by atoms with van der Waals surface area (Å²) in [5.74, 6) is -0.682. The van der Waals surface area contributed by atoms with Crippen molar-refractivity contribution in [3.05, 3.63) is 64.1 Å². The predicted molar refractivity (Wildman–Crippen MR) is 91.0 cm³/mol. The van der Waals surface area contributed by atoms with Gasteiger partial charge in [-0.05, 0) is 30.7 Å². The summed E-state index contributed by atoms with van der Waals surface area (Å²) in [7, 11) is 0. The van der Waals surface area contributed by atoms with Gasteiger partial charge in [-0.1, -0.05) is 46.3 Å². The molecule has 1 aliphatic rings. The van der Waals surface area contributed by atoms with Crippen LogP contribution < -0.4 is 4.90 Å². The van der Waals surface area contributed by atoms with Gasteiger partial charge < -0.3 is 10.0 Å². The molecule has 2 aromatic rings. The zero-order valence-electron chi connectivity index (χ0n) is 12.6. The van der Waals surface area contributed by atoms with E-state index in [1.807, 2.05) is 36.4 Å². The van der Waals surface area contributed by atoms with E-state index in [-0.39, 0.29) is 12.2 Å². The largest absolute Gasteiger partial charge is 0.375 e. The van der Waals surface area contributed by atoms with Crippen LogP contribution in [0.15, 0.2) is 53.0 Å². The summed E-state index contributed by atoms with van der Waals surface area (Å²) < 4.78 is 0.757. The first kappa shape index (κ1) is 15.9. The number of Topliss-reactive ketones (excluding diaryl/α,β-unsaturated/α-hetero) is 1. The number of aliphatic hydroxyl groups is 1. The number of carbonyl (C=O) groups is 2. The van der Waals surface area contributed by atoms with Gasteiger partial charge in [0.1, 0.15) is 5.78 Å². The predicted octanol–water partition coefficient (Wildman–Crippen LogP) is 3.16. The van der Waals surface area contributed by atoms with Gasteiger partial charge in [-0.15, -0.1) is 0 Å². The van der Waals surface area contributed by atoms with Crippen molar-refractivity contribution in [2.75, 3.05) is 4.90 Å². The maximum absolute atomic E-state index is 12.8. The Balaban J connectivity index is 2.06. The van der Waals surface area contributed by atoms with Crippen molar-refractivity contribution in [1.29, 1.82) is 0 Å². The molecule has 1 heterocycles. The molecule has 5 heteroatoms. The third-order valence-electron chi connectivity index (χ3n) is 3.98. The molecule has 0 unspecified atom stereocenters. The summed E-state index contributed by atoms with van der Waals surface area (Å²) in [6, 6.07) is 14.9. The zero-order chi connectivity index (χ0) is 16.6. The van der Waals surface area contributed by atoms with Crippen LogP contribution >= 0.6 is 15.9 Å². The lowest BCUT2D eigenvalue weighted by Crippen LogP contribution is -2.41. The number of nitrogens with zero attached hydrogens (tertiary/aromatic N) is 1. The van der Waals surface area contributed by atoms with Gasteiger partial charge in [-0.25, -0.2) is 0 Å². The van der Waals surface area contributed by atoms with E-state index in [2.05, 4.69) is 15.9 Å². The Morgan fingerprint density at radius 3 is 2.57 bits per heavy atom. The van der Waals surface area contributed by atoms with Crippen LogP contribution in [0.1, 0.15) is 24.5 Å². The molecule has 1 aliphatic heterocycles. The number of benzene rings is 2.